The molecule has 0 bridgehead atoms. The van der Waals surface area contributed by atoms with Gasteiger partial charge in [0.1, 0.15) is 0 Å². The third-order valence-electron chi connectivity index (χ3n) is 4.40. The molecule has 0 spiro atoms. The summed E-state index contributed by atoms with van der Waals surface area (Å²) in [6.45, 7) is 6.23. The van der Waals surface area contributed by atoms with Crippen LogP contribution in [0, 0.1) is 12.8 Å². The standard InChI is InChI=1S/C18H21BrN4O/c1-12-5-7-23(8-6-12)18-20-10-14(11-21-18)17(24)22-15-4-3-13(2)16(19)9-15/h3-4,9-12H,5-8H2,1-2H3,(H,22,24). The summed E-state index contributed by atoms with van der Waals surface area (Å²) in [7, 11) is 0. The molecule has 1 fully saturated rings. The third kappa shape index (κ3) is 3.93. The average molecular weight is 389 g/mol. The number of aromatic nitrogens is 2. The van der Waals surface area contributed by atoms with E-state index in [1.807, 2.05) is 25.1 Å². The van der Waals surface area contributed by atoms with Crippen molar-refractivity contribution in [1.29, 1.82) is 0 Å². The molecule has 2 heterocycles. The molecule has 1 amide bonds. The summed E-state index contributed by atoms with van der Waals surface area (Å²) >= 11 is 3.47. The molecular formula is C18H21BrN4O. The molecule has 1 aromatic carbocycles. The molecule has 126 valence electrons. The Bertz CT molecular complexity index is 724. The maximum atomic E-state index is 12.3. The molecule has 5 nitrogen and oxygen atoms in total. The Morgan fingerprint density at radius 1 is 1.25 bits per heavy atom. The van der Waals surface area contributed by atoms with Crippen LogP contribution >= 0.6 is 15.9 Å². The highest BCUT2D eigenvalue weighted by Gasteiger charge is 2.18. The SMILES string of the molecule is Cc1ccc(NC(=O)c2cnc(N3CCC(C)CC3)nc2)cc1Br. The number of carbonyl (C=O) groups excluding carboxylic acids is 1. The smallest absolute Gasteiger partial charge is 0.258 e. The number of nitrogens with one attached hydrogen (secondary N) is 1. The zero-order valence-corrected chi connectivity index (χ0v) is 15.5. The summed E-state index contributed by atoms with van der Waals surface area (Å²) in [6.07, 6.45) is 5.51. The zero-order chi connectivity index (χ0) is 17.1. The van der Waals surface area contributed by atoms with Gasteiger partial charge in [0.2, 0.25) is 5.95 Å². The molecule has 1 aliphatic heterocycles. The van der Waals surface area contributed by atoms with Crippen LogP contribution in [0.1, 0.15) is 35.7 Å². The highest BCUT2D eigenvalue weighted by molar-refractivity contribution is 9.10. The maximum Gasteiger partial charge on any atom is 0.258 e. The van der Waals surface area contributed by atoms with Crippen molar-refractivity contribution in [3.63, 3.8) is 0 Å². The maximum absolute atomic E-state index is 12.3. The topological polar surface area (TPSA) is 58.1 Å². The molecule has 0 unspecified atom stereocenters. The fourth-order valence-corrected chi connectivity index (χ4v) is 3.06. The summed E-state index contributed by atoms with van der Waals surface area (Å²) in [5, 5.41) is 2.87. The molecule has 0 radical (unpaired) electrons. The lowest BCUT2D eigenvalue weighted by molar-refractivity contribution is 0.102. The first-order chi connectivity index (χ1) is 11.5. The summed E-state index contributed by atoms with van der Waals surface area (Å²) in [4.78, 5) is 23.2. The lowest BCUT2D eigenvalue weighted by Crippen LogP contribution is -2.34. The van der Waals surface area contributed by atoms with E-state index in [1.54, 1.807) is 12.4 Å². The second-order valence-electron chi connectivity index (χ2n) is 6.36. The number of halogens is 1. The molecule has 1 aromatic heterocycles. The first-order valence-corrected chi connectivity index (χ1v) is 8.97. The Balaban J connectivity index is 1.66. The number of carbonyl (C=O) groups is 1. The Hall–Kier alpha value is -1.95. The number of nitrogens with zero attached hydrogens (tertiary/aromatic N) is 3. The predicted octanol–water partition coefficient (Wildman–Crippen LogP) is 4.04. The number of hydrogen-bond donors (Lipinski definition) is 1. The van der Waals surface area contributed by atoms with Crippen LogP contribution < -0.4 is 10.2 Å². The van der Waals surface area contributed by atoms with Gasteiger partial charge >= 0.3 is 0 Å². The lowest BCUT2D eigenvalue weighted by Gasteiger charge is -2.30. The van der Waals surface area contributed by atoms with Crippen molar-refractivity contribution in [2.24, 2.45) is 5.92 Å². The average Bonchev–Trinajstić information content (AvgIpc) is 2.59. The van der Waals surface area contributed by atoms with Gasteiger partial charge in [-0.05, 0) is 43.4 Å². The van der Waals surface area contributed by atoms with Crippen LogP contribution in [0.5, 0.6) is 0 Å². The normalized spacial score (nSPS) is 15.4. The molecule has 6 heteroatoms. The van der Waals surface area contributed by atoms with Crippen molar-refractivity contribution >= 4 is 33.5 Å². The summed E-state index contributed by atoms with van der Waals surface area (Å²) < 4.78 is 0.964. The van der Waals surface area contributed by atoms with Gasteiger partial charge in [0.05, 0.1) is 5.56 Å². The third-order valence-corrected chi connectivity index (χ3v) is 5.25. The number of rotatable bonds is 3. The van der Waals surface area contributed by atoms with Gasteiger partial charge in [-0.1, -0.05) is 28.9 Å². The molecule has 1 saturated heterocycles. The summed E-state index contributed by atoms with van der Waals surface area (Å²) in [5.74, 6) is 1.27. The van der Waals surface area contributed by atoms with Gasteiger partial charge in [-0.3, -0.25) is 4.79 Å². The minimum Gasteiger partial charge on any atom is -0.341 e. The largest absolute Gasteiger partial charge is 0.341 e. The van der Waals surface area contributed by atoms with E-state index in [2.05, 4.69) is 43.0 Å². The highest BCUT2D eigenvalue weighted by atomic mass is 79.9. The van der Waals surface area contributed by atoms with Crippen LogP contribution in [0.3, 0.4) is 0 Å². The Labute approximate surface area is 150 Å². The van der Waals surface area contributed by atoms with Crippen molar-refractivity contribution in [3.8, 4) is 0 Å². The van der Waals surface area contributed by atoms with E-state index < -0.39 is 0 Å². The summed E-state index contributed by atoms with van der Waals surface area (Å²) in [6, 6.07) is 5.72. The van der Waals surface area contributed by atoms with Crippen molar-refractivity contribution in [1.82, 2.24) is 9.97 Å². The second kappa shape index (κ2) is 7.30. The van der Waals surface area contributed by atoms with E-state index in [0.29, 0.717) is 11.5 Å². The number of aryl methyl sites for hydroxylation is 1. The van der Waals surface area contributed by atoms with Gasteiger partial charge in [-0.2, -0.15) is 0 Å². The molecule has 3 rings (SSSR count). The van der Waals surface area contributed by atoms with Crippen LogP contribution in [0.2, 0.25) is 0 Å². The predicted molar refractivity (Wildman–Crippen MR) is 99.5 cm³/mol. The first kappa shape index (κ1) is 16.9. The Kier molecular flexibility index (Phi) is 5.14. The number of amides is 1. The van der Waals surface area contributed by atoms with E-state index in [4.69, 9.17) is 0 Å². The van der Waals surface area contributed by atoms with Gasteiger partial charge in [0.25, 0.3) is 5.91 Å². The van der Waals surface area contributed by atoms with Gasteiger partial charge in [0.15, 0.2) is 0 Å². The zero-order valence-electron chi connectivity index (χ0n) is 13.9. The van der Waals surface area contributed by atoms with Crippen LogP contribution in [-0.2, 0) is 0 Å². The minimum absolute atomic E-state index is 0.204. The van der Waals surface area contributed by atoms with Crippen molar-refractivity contribution in [2.45, 2.75) is 26.7 Å². The fraction of sp³-hybridized carbons (Fsp3) is 0.389. The molecular weight excluding hydrogens is 368 g/mol. The van der Waals surface area contributed by atoms with Gasteiger partial charge < -0.3 is 10.2 Å². The molecule has 1 aliphatic rings. The van der Waals surface area contributed by atoms with Crippen molar-refractivity contribution in [2.75, 3.05) is 23.3 Å². The molecule has 1 N–H and O–H groups in total. The van der Waals surface area contributed by atoms with Gasteiger partial charge in [-0.25, -0.2) is 9.97 Å². The quantitative estimate of drug-likeness (QED) is 0.861. The van der Waals surface area contributed by atoms with E-state index >= 15 is 0 Å². The monoisotopic (exact) mass is 388 g/mol. The van der Waals surface area contributed by atoms with Gasteiger partial charge in [-0.15, -0.1) is 0 Å². The lowest BCUT2D eigenvalue weighted by atomic mass is 10.00. The second-order valence-corrected chi connectivity index (χ2v) is 7.21. The Morgan fingerprint density at radius 3 is 2.54 bits per heavy atom. The number of anilines is 2. The molecule has 24 heavy (non-hydrogen) atoms. The molecule has 0 saturated carbocycles. The van der Waals surface area contributed by atoms with E-state index in [-0.39, 0.29) is 5.91 Å². The van der Waals surface area contributed by atoms with Crippen LogP contribution in [0.15, 0.2) is 35.1 Å². The van der Waals surface area contributed by atoms with Crippen LogP contribution in [0.25, 0.3) is 0 Å². The van der Waals surface area contributed by atoms with Crippen molar-refractivity contribution in [3.05, 3.63) is 46.2 Å². The molecule has 2 aromatic rings. The number of piperidine rings is 1. The molecule has 0 aliphatic carbocycles. The minimum atomic E-state index is -0.204. The molecule has 0 atom stereocenters. The van der Waals surface area contributed by atoms with E-state index in [1.165, 1.54) is 0 Å². The fourth-order valence-electron chi connectivity index (χ4n) is 2.68. The Morgan fingerprint density at radius 2 is 1.92 bits per heavy atom. The number of hydrogen-bond acceptors (Lipinski definition) is 4. The van der Waals surface area contributed by atoms with Gasteiger partial charge in [0, 0.05) is 35.6 Å². The van der Waals surface area contributed by atoms with E-state index in [9.17, 15) is 4.79 Å². The van der Waals surface area contributed by atoms with E-state index in [0.717, 1.165) is 47.6 Å². The van der Waals surface area contributed by atoms with Crippen LogP contribution in [-0.4, -0.2) is 29.0 Å². The number of benzene rings is 1. The van der Waals surface area contributed by atoms with Crippen molar-refractivity contribution < 1.29 is 4.79 Å². The first-order valence-electron chi connectivity index (χ1n) is 8.17. The summed E-state index contributed by atoms with van der Waals surface area (Å²) in [5.41, 5.74) is 2.32. The van der Waals surface area contributed by atoms with Crippen LogP contribution in [0.4, 0.5) is 11.6 Å². The highest BCUT2D eigenvalue weighted by Crippen LogP contribution is 2.22.